The molecule has 0 aliphatic rings. The third kappa shape index (κ3) is 4.89. The molecule has 0 saturated heterocycles. The van der Waals surface area contributed by atoms with E-state index in [0.717, 1.165) is 12.0 Å². The lowest BCUT2D eigenvalue weighted by Gasteiger charge is -2.15. The van der Waals surface area contributed by atoms with Crippen molar-refractivity contribution >= 4 is 11.9 Å². The molecule has 0 bridgehead atoms. The standard InChI is InChI=1S/C22H26N4O4/c1-5-14(2)16-8-6-7-9-18(16)30-13-20(27)23-22-24-21(25-26-22)17-11-10-15(28-3)12-19(17)29-4/h6-12,14H,5,13H2,1-4H3,(H2,23,24,25,26,27). The van der Waals surface area contributed by atoms with E-state index in [4.69, 9.17) is 14.2 Å². The number of hydrogen-bond acceptors (Lipinski definition) is 6. The average molecular weight is 410 g/mol. The van der Waals surface area contributed by atoms with Gasteiger partial charge in [0.2, 0.25) is 5.95 Å². The smallest absolute Gasteiger partial charge is 0.264 e. The summed E-state index contributed by atoms with van der Waals surface area (Å²) < 4.78 is 16.3. The largest absolute Gasteiger partial charge is 0.497 e. The van der Waals surface area contributed by atoms with Crippen molar-refractivity contribution < 1.29 is 19.0 Å². The zero-order chi connectivity index (χ0) is 21.5. The maximum Gasteiger partial charge on any atom is 0.264 e. The van der Waals surface area contributed by atoms with E-state index in [-0.39, 0.29) is 18.5 Å². The normalized spacial score (nSPS) is 11.6. The molecule has 0 radical (unpaired) electrons. The number of carbonyl (C=O) groups excluding carboxylic acids is 1. The molecule has 8 nitrogen and oxygen atoms in total. The van der Waals surface area contributed by atoms with Crippen LogP contribution in [0.25, 0.3) is 11.4 Å². The Morgan fingerprint density at radius 2 is 1.93 bits per heavy atom. The van der Waals surface area contributed by atoms with Crippen molar-refractivity contribution in [3.63, 3.8) is 0 Å². The molecule has 3 aromatic rings. The highest BCUT2D eigenvalue weighted by atomic mass is 16.5. The summed E-state index contributed by atoms with van der Waals surface area (Å²) in [5.41, 5.74) is 1.78. The zero-order valence-corrected chi connectivity index (χ0v) is 17.6. The Morgan fingerprint density at radius 3 is 2.67 bits per heavy atom. The maximum absolute atomic E-state index is 12.3. The number of anilines is 1. The number of aromatic amines is 1. The van der Waals surface area contributed by atoms with Crippen LogP contribution in [0, 0.1) is 0 Å². The van der Waals surface area contributed by atoms with E-state index in [1.165, 1.54) is 0 Å². The molecule has 1 atom stereocenters. The van der Waals surface area contributed by atoms with Crippen LogP contribution in [0.15, 0.2) is 42.5 Å². The van der Waals surface area contributed by atoms with Gasteiger partial charge in [0.1, 0.15) is 17.2 Å². The number of hydrogen-bond donors (Lipinski definition) is 2. The number of ether oxygens (including phenoxy) is 3. The Hall–Kier alpha value is -3.55. The van der Waals surface area contributed by atoms with Crippen LogP contribution in [-0.4, -0.2) is 41.9 Å². The molecule has 0 fully saturated rings. The van der Waals surface area contributed by atoms with Crippen LogP contribution in [0.3, 0.4) is 0 Å². The summed E-state index contributed by atoms with van der Waals surface area (Å²) in [5.74, 6) is 2.58. The van der Waals surface area contributed by atoms with Crippen molar-refractivity contribution in [2.24, 2.45) is 0 Å². The van der Waals surface area contributed by atoms with Crippen molar-refractivity contribution in [2.75, 3.05) is 26.1 Å². The van der Waals surface area contributed by atoms with E-state index < -0.39 is 0 Å². The predicted molar refractivity (Wildman–Crippen MR) is 114 cm³/mol. The fraction of sp³-hybridized carbons (Fsp3) is 0.318. The second kappa shape index (κ2) is 9.78. The number of carbonyl (C=O) groups is 1. The minimum absolute atomic E-state index is 0.136. The monoisotopic (exact) mass is 410 g/mol. The molecule has 0 saturated carbocycles. The molecule has 1 heterocycles. The van der Waals surface area contributed by atoms with Crippen LogP contribution in [0.1, 0.15) is 31.7 Å². The number of nitrogens with one attached hydrogen (secondary N) is 2. The minimum atomic E-state index is -0.346. The first-order chi connectivity index (χ1) is 14.5. The fourth-order valence-electron chi connectivity index (χ4n) is 2.98. The third-order valence-corrected chi connectivity index (χ3v) is 4.82. The van der Waals surface area contributed by atoms with Gasteiger partial charge in [0.15, 0.2) is 12.4 Å². The second-order valence-corrected chi connectivity index (χ2v) is 6.76. The summed E-state index contributed by atoms with van der Waals surface area (Å²) in [5, 5.41) is 9.50. The average Bonchev–Trinajstić information content (AvgIpc) is 3.24. The molecule has 1 unspecified atom stereocenters. The number of aromatic nitrogens is 3. The molecule has 2 N–H and O–H groups in total. The molecule has 0 aliphatic heterocycles. The van der Waals surface area contributed by atoms with Gasteiger partial charge in [0, 0.05) is 6.07 Å². The summed E-state index contributed by atoms with van der Waals surface area (Å²) in [6.07, 6.45) is 0.987. The fourth-order valence-corrected chi connectivity index (χ4v) is 2.98. The number of amides is 1. The van der Waals surface area contributed by atoms with Gasteiger partial charge >= 0.3 is 0 Å². The van der Waals surface area contributed by atoms with Gasteiger partial charge in [-0.3, -0.25) is 15.2 Å². The number of benzene rings is 2. The molecule has 30 heavy (non-hydrogen) atoms. The number of para-hydroxylation sites is 1. The van der Waals surface area contributed by atoms with Gasteiger partial charge < -0.3 is 14.2 Å². The summed E-state index contributed by atoms with van der Waals surface area (Å²) in [4.78, 5) is 16.6. The predicted octanol–water partition coefficient (Wildman–Crippen LogP) is 4.02. The van der Waals surface area contributed by atoms with E-state index in [2.05, 4.69) is 34.3 Å². The number of H-pyrrole nitrogens is 1. The van der Waals surface area contributed by atoms with Crippen molar-refractivity contribution in [3.05, 3.63) is 48.0 Å². The first kappa shape index (κ1) is 21.2. The number of rotatable bonds is 9. The molecule has 158 valence electrons. The van der Waals surface area contributed by atoms with Crippen LogP contribution < -0.4 is 19.5 Å². The van der Waals surface area contributed by atoms with E-state index >= 15 is 0 Å². The summed E-state index contributed by atoms with van der Waals surface area (Å²) in [6, 6.07) is 13.1. The maximum atomic E-state index is 12.3. The topological polar surface area (TPSA) is 98.4 Å². The molecule has 8 heteroatoms. The second-order valence-electron chi connectivity index (χ2n) is 6.76. The minimum Gasteiger partial charge on any atom is -0.497 e. The lowest BCUT2D eigenvalue weighted by molar-refractivity contribution is -0.118. The van der Waals surface area contributed by atoms with E-state index in [9.17, 15) is 4.79 Å². The van der Waals surface area contributed by atoms with Crippen molar-refractivity contribution in [3.8, 4) is 28.6 Å². The van der Waals surface area contributed by atoms with E-state index in [0.29, 0.717) is 34.6 Å². The van der Waals surface area contributed by atoms with Crippen molar-refractivity contribution in [1.29, 1.82) is 0 Å². The lowest BCUT2D eigenvalue weighted by Crippen LogP contribution is -2.21. The first-order valence-electron chi connectivity index (χ1n) is 9.72. The number of methoxy groups -OCH3 is 2. The van der Waals surface area contributed by atoms with Gasteiger partial charge in [-0.1, -0.05) is 32.0 Å². The van der Waals surface area contributed by atoms with Crippen LogP contribution in [-0.2, 0) is 4.79 Å². The van der Waals surface area contributed by atoms with Crippen LogP contribution in [0.4, 0.5) is 5.95 Å². The molecule has 0 aliphatic carbocycles. The molecule has 3 rings (SSSR count). The summed E-state index contributed by atoms with van der Waals surface area (Å²) in [6.45, 7) is 4.11. The van der Waals surface area contributed by atoms with Crippen molar-refractivity contribution in [2.45, 2.75) is 26.2 Å². The third-order valence-electron chi connectivity index (χ3n) is 4.82. The molecule has 1 aromatic heterocycles. The molecule has 0 spiro atoms. The van der Waals surface area contributed by atoms with Crippen LogP contribution >= 0.6 is 0 Å². The highest BCUT2D eigenvalue weighted by Crippen LogP contribution is 2.31. The molecule has 2 aromatic carbocycles. The molecule has 1 amide bonds. The zero-order valence-electron chi connectivity index (χ0n) is 17.6. The van der Waals surface area contributed by atoms with Crippen LogP contribution in [0.5, 0.6) is 17.2 Å². The van der Waals surface area contributed by atoms with Gasteiger partial charge in [-0.25, -0.2) is 0 Å². The first-order valence-corrected chi connectivity index (χ1v) is 9.72. The van der Waals surface area contributed by atoms with Gasteiger partial charge in [0.05, 0.1) is 19.8 Å². The quantitative estimate of drug-likeness (QED) is 0.553. The van der Waals surface area contributed by atoms with Gasteiger partial charge in [-0.05, 0) is 36.1 Å². The lowest BCUT2D eigenvalue weighted by atomic mass is 9.98. The Balaban J connectivity index is 1.65. The van der Waals surface area contributed by atoms with Crippen molar-refractivity contribution in [1.82, 2.24) is 15.2 Å². The summed E-state index contributed by atoms with van der Waals surface area (Å²) >= 11 is 0. The highest BCUT2D eigenvalue weighted by Gasteiger charge is 2.15. The number of nitrogens with zero attached hydrogens (tertiary/aromatic N) is 2. The Morgan fingerprint density at radius 1 is 1.13 bits per heavy atom. The van der Waals surface area contributed by atoms with Gasteiger partial charge in [0.25, 0.3) is 5.91 Å². The van der Waals surface area contributed by atoms with Crippen LogP contribution in [0.2, 0.25) is 0 Å². The Bertz CT molecular complexity index is 1000. The highest BCUT2D eigenvalue weighted by molar-refractivity contribution is 5.90. The van der Waals surface area contributed by atoms with Gasteiger partial charge in [-0.15, -0.1) is 5.10 Å². The van der Waals surface area contributed by atoms with Gasteiger partial charge in [-0.2, -0.15) is 4.98 Å². The SMILES string of the molecule is CCC(C)c1ccccc1OCC(=O)Nc1n[nH]c(-c2ccc(OC)cc2OC)n1. The van der Waals surface area contributed by atoms with E-state index in [1.54, 1.807) is 32.4 Å². The summed E-state index contributed by atoms with van der Waals surface area (Å²) in [7, 11) is 3.14. The Kier molecular flexibility index (Phi) is 6.90. The van der Waals surface area contributed by atoms with E-state index in [1.807, 2.05) is 24.3 Å². The molecular weight excluding hydrogens is 384 g/mol. The Labute approximate surface area is 175 Å². The molecular formula is C22H26N4O4.